The van der Waals surface area contributed by atoms with Gasteiger partial charge >= 0.3 is 0 Å². The van der Waals surface area contributed by atoms with Crippen LogP contribution in [0.3, 0.4) is 0 Å². The van der Waals surface area contributed by atoms with Crippen molar-refractivity contribution >= 4 is 23.4 Å². The van der Waals surface area contributed by atoms with Gasteiger partial charge < -0.3 is 25.7 Å². The first-order valence-electron chi connectivity index (χ1n) is 14.5. The maximum Gasteiger partial charge on any atom is 0.265 e. The van der Waals surface area contributed by atoms with E-state index in [1.165, 1.54) is 0 Å². The van der Waals surface area contributed by atoms with Crippen LogP contribution in [-0.2, 0) is 16.1 Å². The molecular formula is C32H39N5O4. The number of primary amides is 1. The van der Waals surface area contributed by atoms with E-state index in [0.29, 0.717) is 24.5 Å². The van der Waals surface area contributed by atoms with Gasteiger partial charge in [-0.15, -0.1) is 0 Å². The van der Waals surface area contributed by atoms with E-state index in [0.717, 1.165) is 71.2 Å². The first-order valence-corrected chi connectivity index (χ1v) is 14.5. The van der Waals surface area contributed by atoms with Crippen molar-refractivity contribution < 1.29 is 19.1 Å². The fraction of sp³-hybridized carbons (Fsp3) is 0.438. The molecule has 41 heavy (non-hydrogen) atoms. The summed E-state index contributed by atoms with van der Waals surface area (Å²) in [4.78, 5) is 41.1. The summed E-state index contributed by atoms with van der Waals surface area (Å²) >= 11 is 0. The Hall–Kier alpha value is -4.14. The molecule has 1 aliphatic carbocycles. The highest BCUT2D eigenvalue weighted by Gasteiger charge is 2.44. The minimum atomic E-state index is -0.518. The highest BCUT2D eigenvalue weighted by atomic mass is 16.5. The fourth-order valence-corrected chi connectivity index (χ4v) is 6.99. The number of benzene rings is 1. The van der Waals surface area contributed by atoms with Crippen molar-refractivity contribution in [3.63, 3.8) is 0 Å². The molecule has 3 amide bonds. The van der Waals surface area contributed by atoms with Crippen molar-refractivity contribution in [2.75, 3.05) is 11.9 Å². The molecule has 0 spiro atoms. The van der Waals surface area contributed by atoms with Crippen LogP contribution in [0.1, 0.15) is 78.8 Å². The molecular weight excluding hydrogens is 518 g/mol. The van der Waals surface area contributed by atoms with Crippen molar-refractivity contribution in [2.45, 2.75) is 71.9 Å². The average molecular weight is 558 g/mol. The third-order valence-electron chi connectivity index (χ3n) is 8.80. The topological polar surface area (TPSA) is 124 Å². The van der Waals surface area contributed by atoms with Crippen LogP contribution in [0.25, 0.3) is 11.1 Å². The van der Waals surface area contributed by atoms with Crippen molar-refractivity contribution in [1.82, 2.24) is 9.47 Å². The van der Waals surface area contributed by atoms with Gasteiger partial charge in [-0.3, -0.25) is 14.4 Å². The lowest BCUT2D eigenvalue weighted by Gasteiger charge is -2.43. The number of aryl methyl sites for hydroxylation is 2. The van der Waals surface area contributed by atoms with Gasteiger partial charge in [0.2, 0.25) is 11.8 Å². The molecule has 2 atom stereocenters. The van der Waals surface area contributed by atoms with Crippen LogP contribution in [0.15, 0.2) is 48.8 Å². The molecule has 1 aliphatic heterocycles. The van der Waals surface area contributed by atoms with Crippen LogP contribution in [0, 0.1) is 30.9 Å². The van der Waals surface area contributed by atoms with Gasteiger partial charge in [-0.25, -0.2) is 0 Å². The van der Waals surface area contributed by atoms with Crippen molar-refractivity contribution in [3.8, 4) is 11.1 Å². The number of rotatable bonds is 6. The first kappa shape index (κ1) is 28.4. The average Bonchev–Trinajstić information content (AvgIpc) is 3.18. The number of amides is 3. The van der Waals surface area contributed by atoms with Crippen molar-refractivity contribution in [2.24, 2.45) is 17.6 Å². The fourth-order valence-electron chi connectivity index (χ4n) is 6.99. The first-order chi connectivity index (χ1) is 19.7. The molecule has 216 valence electrons. The number of hydrogen-bond acceptors (Lipinski definition) is 4. The Morgan fingerprint density at radius 3 is 2.17 bits per heavy atom. The summed E-state index contributed by atoms with van der Waals surface area (Å²) in [6.45, 7) is 6.24. The largest absolute Gasteiger partial charge is 0.619 e. The van der Waals surface area contributed by atoms with Crippen LogP contribution in [-0.4, -0.2) is 33.7 Å². The second-order valence-electron chi connectivity index (χ2n) is 11.5. The summed E-state index contributed by atoms with van der Waals surface area (Å²) in [5, 5.41) is 15.0. The monoisotopic (exact) mass is 557 g/mol. The quantitative estimate of drug-likeness (QED) is 0.260. The molecule has 3 heterocycles. The van der Waals surface area contributed by atoms with Crippen LogP contribution >= 0.6 is 0 Å². The Labute approximate surface area is 240 Å². The van der Waals surface area contributed by atoms with Gasteiger partial charge in [0.25, 0.3) is 5.91 Å². The molecule has 9 nitrogen and oxygen atoms in total. The summed E-state index contributed by atoms with van der Waals surface area (Å²) in [6, 6.07) is 10.7. The normalized spacial score (nSPS) is 18.3. The molecule has 9 heteroatoms. The molecule has 2 aliphatic rings. The second-order valence-corrected chi connectivity index (χ2v) is 11.5. The SMILES string of the molecule is CC(=O)N1CCn2c(C(N)=O)ccc2[C@@H]1[C@@H](C(=O)Nc1ccc(-c2c(C)c[n+]([O-])cc2C)cc1)C1CCCCCC1. The van der Waals surface area contributed by atoms with Crippen LogP contribution in [0.2, 0.25) is 0 Å². The van der Waals surface area contributed by atoms with Crippen LogP contribution < -0.4 is 15.8 Å². The molecule has 1 saturated carbocycles. The van der Waals surface area contributed by atoms with Gasteiger partial charge in [0.15, 0.2) is 12.4 Å². The number of aromatic nitrogens is 2. The number of pyridine rings is 1. The number of carbonyl (C=O) groups excluding carboxylic acids is 3. The molecule has 1 fully saturated rings. The van der Waals surface area contributed by atoms with Gasteiger partial charge in [0, 0.05) is 42.5 Å². The molecule has 1 aromatic carbocycles. The molecule has 0 unspecified atom stereocenters. The molecule has 0 bridgehead atoms. The Balaban J connectivity index is 1.50. The Bertz CT molecular complexity index is 1430. The maximum absolute atomic E-state index is 14.3. The van der Waals surface area contributed by atoms with E-state index in [-0.39, 0.29) is 17.7 Å². The van der Waals surface area contributed by atoms with E-state index in [9.17, 15) is 19.6 Å². The second kappa shape index (κ2) is 11.8. The third-order valence-corrected chi connectivity index (χ3v) is 8.80. The minimum absolute atomic E-state index is 0.0909. The van der Waals surface area contributed by atoms with Crippen LogP contribution in [0.5, 0.6) is 0 Å². The Morgan fingerprint density at radius 1 is 0.951 bits per heavy atom. The summed E-state index contributed by atoms with van der Waals surface area (Å²) in [7, 11) is 0. The van der Waals surface area contributed by atoms with Crippen molar-refractivity contribution in [3.05, 3.63) is 76.5 Å². The number of carbonyl (C=O) groups is 3. The molecule has 5 rings (SSSR count). The van der Waals surface area contributed by atoms with Gasteiger partial charge in [0.05, 0.1) is 12.0 Å². The third kappa shape index (κ3) is 5.71. The lowest BCUT2D eigenvalue weighted by Crippen LogP contribution is -2.49. The summed E-state index contributed by atoms with van der Waals surface area (Å²) in [6.07, 6.45) is 9.30. The Morgan fingerprint density at radius 2 is 1.59 bits per heavy atom. The van der Waals surface area contributed by atoms with Crippen LogP contribution in [0.4, 0.5) is 5.69 Å². The number of nitrogens with one attached hydrogen (secondary N) is 1. The van der Waals surface area contributed by atoms with Crippen molar-refractivity contribution in [1.29, 1.82) is 0 Å². The smallest absolute Gasteiger partial charge is 0.265 e. The highest BCUT2D eigenvalue weighted by Crippen LogP contribution is 2.42. The van der Waals surface area contributed by atoms with E-state index in [1.54, 1.807) is 30.3 Å². The predicted octanol–water partition coefficient (Wildman–Crippen LogP) is 4.63. The molecule has 3 aromatic rings. The van der Waals surface area contributed by atoms with Gasteiger partial charge in [-0.1, -0.05) is 37.8 Å². The predicted molar refractivity (Wildman–Crippen MR) is 157 cm³/mol. The van der Waals surface area contributed by atoms with Gasteiger partial charge in [-0.2, -0.15) is 4.73 Å². The van der Waals surface area contributed by atoms with E-state index in [4.69, 9.17) is 5.73 Å². The zero-order valence-electron chi connectivity index (χ0n) is 24.1. The highest BCUT2D eigenvalue weighted by molar-refractivity contribution is 5.95. The van der Waals surface area contributed by atoms with E-state index in [1.807, 2.05) is 48.7 Å². The number of anilines is 1. The minimum Gasteiger partial charge on any atom is -0.619 e. The van der Waals surface area contributed by atoms with Gasteiger partial charge in [-0.05, 0) is 68.0 Å². The molecule has 2 aromatic heterocycles. The summed E-state index contributed by atoms with van der Waals surface area (Å²) < 4.78 is 2.70. The zero-order chi connectivity index (χ0) is 29.3. The number of nitrogens with two attached hydrogens (primary N) is 1. The van der Waals surface area contributed by atoms with E-state index in [2.05, 4.69) is 5.32 Å². The van der Waals surface area contributed by atoms with E-state index >= 15 is 0 Å². The number of nitrogens with zero attached hydrogens (tertiary/aromatic N) is 3. The van der Waals surface area contributed by atoms with E-state index < -0.39 is 17.9 Å². The summed E-state index contributed by atoms with van der Waals surface area (Å²) in [5.41, 5.74) is 11.2. The standard InChI is InChI=1S/C32H39N5O4/c1-20-18-35(41)19-21(2)28(20)24-10-12-25(13-11-24)34-32(40)29(23-8-6-4-5-7-9-23)30-26-14-15-27(31(33)39)37(26)17-16-36(30)22(3)38/h10-15,18-19,23,29-30H,4-9,16-17H2,1-3H3,(H2,33,39)(H,34,40)/t29-,30+/m0/s1. The molecule has 0 radical (unpaired) electrons. The number of fused-ring (bicyclic) bond motifs is 1. The lowest BCUT2D eigenvalue weighted by atomic mass is 9.78. The molecule has 3 N–H and O–H groups in total. The lowest BCUT2D eigenvalue weighted by molar-refractivity contribution is -0.606. The Kier molecular flexibility index (Phi) is 8.15. The zero-order valence-corrected chi connectivity index (χ0v) is 24.1. The number of hydrogen-bond donors (Lipinski definition) is 2. The maximum atomic E-state index is 14.3. The molecule has 0 saturated heterocycles. The summed E-state index contributed by atoms with van der Waals surface area (Å²) in [5.74, 6) is -1.13. The van der Waals surface area contributed by atoms with Gasteiger partial charge in [0.1, 0.15) is 5.69 Å².